The van der Waals surface area contributed by atoms with Gasteiger partial charge in [-0.15, -0.1) is 10.2 Å². The molecule has 0 aliphatic heterocycles. The molecule has 0 fully saturated rings. The highest BCUT2D eigenvalue weighted by molar-refractivity contribution is 7.99. The average molecular weight is 259 g/mol. The first-order valence-corrected chi connectivity index (χ1v) is 6.75. The minimum atomic E-state index is 0.478. The fourth-order valence-electron chi connectivity index (χ4n) is 1.77. The molecule has 2 heterocycles. The summed E-state index contributed by atoms with van der Waals surface area (Å²) in [7, 11) is 0. The van der Waals surface area contributed by atoms with Crippen molar-refractivity contribution in [2.45, 2.75) is 18.0 Å². The molecule has 0 aliphatic carbocycles. The number of nitrogens with one attached hydrogen (secondary N) is 1. The highest BCUT2D eigenvalue weighted by Gasteiger charge is 2.11. The van der Waals surface area contributed by atoms with E-state index in [1.54, 1.807) is 22.6 Å². The molecule has 0 radical (unpaired) electrons. The Hall–Kier alpha value is -1.82. The second kappa shape index (κ2) is 4.81. The predicted octanol–water partition coefficient (Wildman–Crippen LogP) is 2.35. The van der Waals surface area contributed by atoms with Crippen molar-refractivity contribution in [2.24, 2.45) is 0 Å². The third kappa shape index (κ3) is 2.11. The summed E-state index contributed by atoms with van der Waals surface area (Å²) >= 11 is 1.68. The van der Waals surface area contributed by atoms with Crippen LogP contribution >= 0.6 is 11.8 Å². The minimum absolute atomic E-state index is 0.478. The van der Waals surface area contributed by atoms with Crippen LogP contribution in [0.3, 0.4) is 0 Å². The molecule has 0 saturated heterocycles. The maximum absolute atomic E-state index is 4.10. The molecule has 0 amide bonds. The largest absolute Gasteiger partial charge is 0.278 e. The first-order valence-electron chi connectivity index (χ1n) is 5.77. The molecule has 0 aliphatic rings. The van der Waals surface area contributed by atoms with Crippen LogP contribution in [0.1, 0.15) is 18.4 Å². The van der Waals surface area contributed by atoms with Gasteiger partial charge in [-0.1, -0.05) is 49.0 Å². The van der Waals surface area contributed by atoms with E-state index in [4.69, 9.17) is 0 Å². The summed E-state index contributed by atoms with van der Waals surface area (Å²) in [4.78, 5) is 4.05. The summed E-state index contributed by atoms with van der Waals surface area (Å²) in [6, 6.07) is 10.5. The Labute approximate surface area is 109 Å². The van der Waals surface area contributed by atoms with Crippen LogP contribution in [0.4, 0.5) is 0 Å². The van der Waals surface area contributed by atoms with Crippen LogP contribution in [-0.4, -0.2) is 30.5 Å². The van der Waals surface area contributed by atoms with Crippen LogP contribution in [0.25, 0.3) is 5.78 Å². The Kier molecular flexibility index (Phi) is 3.02. The van der Waals surface area contributed by atoms with Gasteiger partial charge in [0.15, 0.2) is 0 Å². The number of hydrogen-bond acceptors (Lipinski definition) is 4. The third-order valence-electron chi connectivity index (χ3n) is 2.81. The van der Waals surface area contributed by atoms with Gasteiger partial charge in [-0.3, -0.25) is 5.10 Å². The average Bonchev–Trinajstić information content (AvgIpc) is 3.00. The lowest BCUT2D eigenvalue weighted by atomic mass is 10.0. The van der Waals surface area contributed by atoms with Crippen LogP contribution < -0.4 is 0 Å². The molecule has 3 aromatic rings. The molecular formula is C12H13N5S. The van der Waals surface area contributed by atoms with Crippen molar-refractivity contribution in [3.63, 3.8) is 0 Å². The summed E-state index contributed by atoms with van der Waals surface area (Å²) in [5, 5.41) is 11.9. The highest BCUT2D eigenvalue weighted by atomic mass is 32.2. The Morgan fingerprint density at radius 3 is 2.94 bits per heavy atom. The summed E-state index contributed by atoms with van der Waals surface area (Å²) in [6.07, 6.45) is 1.62. The maximum atomic E-state index is 4.10. The van der Waals surface area contributed by atoms with Gasteiger partial charge in [-0.2, -0.15) is 9.50 Å². The molecule has 92 valence electrons. The van der Waals surface area contributed by atoms with Gasteiger partial charge in [0.2, 0.25) is 5.16 Å². The van der Waals surface area contributed by atoms with E-state index in [9.17, 15) is 0 Å². The molecule has 5 nitrogen and oxygen atoms in total. The van der Waals surface area contributed by atoms with E-state index in [-0.39, 0.29) is 0 Å². The fraction of sp³-hybridized carbons (Fsp3) is 0.250. The Bertz CT molecular complexity index is 630. The standard InChI is InChI=1S/C12H13N5S/c1-9(10-5-3-2-4-6-10)7-18-12-16-15-11-13-8-14-17(11)12/h2-6,8-9H,7H2,1H3,(H,13,14,15). The molecule has 1 aromatic carbocycles. The first kappa shape index (κ1) is 11.3. The molecule has 1 unspecified atom stereocenters. The third-order valence-corrected chi connectivity index (χ3v) is 4.00. The molecule has 1 N–H and O–H groups in total. The van der Waals surface area contributed by atoms with Crippen molar-refractivity contribution < 1.29 is 0 Å². The lowest BCUT2D eigenvalue weighted by Crippen LogP contribution is -1.98. The Balaban J connectivity index is 1.70. The van der Waals surface area contributed by atoms with Gasteiger partial charge >= 0.3 is 0 Å². The van der Waals surface area contributed by atoms with Crippen molar-refractivity contribution in [2.75, 3.05) is 5.75 Å². The number of rotatable bonds is 4. The van der Waals surface area contributed by atoms with Gasteiger partial charge in [-0.25, -0.2) is 0 Å². The van der Waals surface area contributed by atoms with Crippen molar-refractivity contribution in [1.82, 2.24) is 24.8 Å². The number of thioether (sulfide) groups is 1. The summed E-state index contributed by atoms with van der Waals surface area (Å²) in [5.41, 5.74) is 1.34. The van der Waals surface area contributed by atoms with Gasteiger partial charge < -0.3 is 0 Å². The zero-order valence-corrected chi connectivity index (χ0v) is 10.8. The molecule has 0 saturated carbocycles. The molecule has 6 heteroatoms. The van der Waals surface area contributed by atoms with Gasteiger partial charge in [0.1, 0.15) is 6.33 Å². The molecule has 18 heavy (non-hydrogen) atoms. The zero-order chi connectivity index (χ0) is 12.4. The molecular weight excluding hydrogens is 246 g/mol. The van der Waals surface area contributed by atoms with E-state index in [0.29, 0.717) is 11.7 Å². The van der Waals surface area contributed by atoms with Crippen LogP contribution in [0.15, 0.2) is 41.8 Å². The van der Waals surface area contributed by atoms with Crippen LogP contribution in [0.2, 0.25) is 0 Å². The van der Waals surface area contributed by atoms with Crippen molar-refractivity contribution in [1.29, 1.82) is 0 Å². The monoisotopic (exact) mass is 259 g/mol. The normalized spacial score (nSPS) is 12.9. The van der Waals surface area contributed by atoms with E-state index in [1.165, 1.54) is 5.56 Å². The quantitative estimate of drug-likeness (QED) is 0.731. The van der Waals surface area contributed by atoms with Crippen LogP contribution in [-0.2, 0) is 0 Å². The highest BCUT2D eigenvalue weighted by Crippen LogP contribution is 2.24. The molecule has 0 spiro atoms. The first-order chi connectivity index (χ1) is 8.84. The topological polar surface area (TPSA) is 58.9 Å². The molecule has 3 rings (SSSR count). The Morgan fingerprint density at radius 1 is 1.28 bits per heavy atom. The number of benzene rings is 1. The molecule has 2 aromatic heterocycles. The lowest BCUT2D eigenvalue weighted by molar-refractivity contribution is 0.813. The van der Waals surface area contributed by atoms with Crippen molar-refractivity contribution in [3.05, 3.63) is 42.2 Å². The van der Waals surface area contributed by atoms with Crippen LogP contribution in [0.5, 0.6) is 0 Å². The predicted molar refractivity (Wildman–Crippen MR) is 70.7 cm³/mol. The van der Waals surface area contributed by atoms with Crippen molar-refractivity contribution in [3.8, 4) is 0 Å². The lowest BCUT2D eigenvalue weighted by Gasteiger charge is -2.09. The maximum Gasteiger partial charge on any atom is 0.272 e. The second-order valence-electron chi connectivity index (χ2n) is 4.13. The van der Waals surface area contributed by atoms with Gasteiger partial charge in [0.25, 0.3) is 5.78 Å². The van der Waals surface area contributed by atoms with Crippen LogP contribution in [0, 0.1) is 0 Å². The number of fused-ring (bicyclic) bond motifs is 1. The van der Waals surface area contributed by atoms with E-state index >= 15 is 0 Å². The van der Waals surface area contributed by atoms with E-state index < -0.39 is 0 Å². The molecule has 0 bridgehead atoms. The van der Waals surface area contributed by atoms with E-state index in [0.717, 1.165) is 10.9 Å². The van der Waals surface area contributed by atoms with E-state index in [1.807, 2.05) is 6.07 Å². The van der Waals surface area contributed by atoms with Gasteiger partial charge in [0, 0.05) is 5.75 Å². The molecule has 1 atom stereocenters. The number of aromatic amines is 1. The number of aromatic nitrogens is 5. The van der Waals surface area contributed by atoms with Gasteiger partial charge in [0.05, 0.1) is 0 Å². The summed E-state index contributed by atoms with van der Waals surface area (Å²) in [6.45, 7) is 2.22. The zero-order valence-electron chi connectivity index (χ0n) is 9.95. The summed E-state index contributed by atoms with van der Waals surface area (Å²) in [5.74, 6) is 2.06. The Morgan fingerprint density at radius 2 is 2.11 bits per heavy atom. The number of nitrogens with zero attached hydrogens (tertiary/aromatic N) is 4. The van der Waals surface area contributed by atoms with E-state index in [2.05, 4.69) is 51.5 Å². The minimum Gasteiger partial charge on any atom is -0.278 e. The SMILES string of the molecule is CC(CSc1nnc2nc[nH]n12)c1ccccc1. The van der Waals surface area contributed by atoms with Crippen molar-refractivity contribution >= 4 is 17.5 Å². The number of H-pyrrole nitrogens is 1. The summed E-state index contributed by atoms with van der Waals surface area (Å²) < 4.78 is 1.79. The van der Waals surface area contributed by atoms with Gasteiger partial charge in [-0.05, 0) is 11.5 Å². The smallest absolute Gasteiger partial charge is 0.272 e. The second-order valence-corrected chi connectivity index (χ2v) is 5.12. The fourth-order valence-corrected chi connectivity index (χ4v) is 2.73. The number of hydrogen-bond donors (Lipinski definition) is 1.